The first kappa shape index (κ1) is 18.2. The number of imidazole rings is 1. The minimum absolute atomic E-state index is 0.196. The fraction of sp³-hybridized carbons (Fsp3) is 0.714. The van der Waals surface area contributed by atoms with Gasteiger partial charge in [-0.25, -0.2) is 4.98 Å². The van der Waals surface area contributed by atoms with Crippen molar-refractivity contribution in [3.63, 3.8) is 0 Å². The van der Waals surface area contributed by atoms with E-state index in [9.17, 15) is 5.26 Å². The van der Waals surface area contributed by atoms with Crippen LogP contribution in [0.2, 0.25) is 0 Å². The number of nitriles is 1. The summed E-state index contributed by atoms with van der Waals surface area (Å²) < 4.78 is 2.28. The highest BCUT2D eigenvalue weighted by Gasteiger charge is 2.27. The molecule has 0 bridgehead atoms. The SMILES string of the molecule is Cc1nc2nc(C#N)nc(N[C@H](C)C3CCC3)c2n1CC1CCC(C)CC1. The van der Waals surface area contributed by atoms with Gasteiger partial charge in [-0.15, -0.1) is 0 Å². The number of rotatable bonds is 5. The zero-order valence-electron chi connectivity index (χ0n) is 16.7. The second-order valence-corrected chi connectivity index (χ2v) is 8.70. The van der Waals surface area contributed by atoms with E-state index in [0.717, 1.165) is 29.6 Å². The van der Waals surface area contributed by atoms with Crippen LogP contribution < -0.4 is 5.32 Å². The van der Waals surface area contributed by atoms with Crippen LogP contribution in [0.1, 0.15) is 70.4 Å². The Hall–Kier alpha value is -2.16. The Morgan fingerprint density at radius 3 is 2.52 bits per heavy atom. The Morgan fingerprint density at radius 2 is 1.89 bits per heavy atom. The van der Waals surface area contributed by atoms with E-state index in [-0.39, 0.29) is 5.82 Å². The van der Waals surface area contributed by atoms with Gasteiger partial charge in [-0.1, -0.05) is 26.2 Å². The molecule has 2 saturated carbocycles. The summed E-state index contributed by atoms with van der Waals surface area (Å²) in [4.78, 5) is 13.6. The van der Waals surface area contributed by atoms with Crippen LogP contribution >= 0.6 is 0 Å². The lowest BCUT2D eigenvalue weighted by molar-refractivity contribution is 0.265. The molecule has 0 aromatic carbocycles. The molecule has 0 unspecified atom stereocenters. The number of aryl methyl sites for hydroxylation is 1. The van der Waals surface area contributed by atoms with Gasteiger partial charge in [0.1, 0.15) is 17.4 Å². The Bertz CT molecular complexity index is 852. The first-order chi connectivity index (χ1) is 13.0. The van der Waals surface area contributed by atoms with Gasteiger partial charge in [0.05, 0.1) is 0 Å². The maximum absolute atomic E-state index is 9.35. The van der Waals surface area contributed by atoms with Crippen molar-refractivity contribution in [2.24, 2.45) is 17.8 Å². The van der Waals surface area contributed by atoms with Crippen LogP contribution in [0.15, 0.2) is 0 Å². The van der Waals surface area contributed by atoms with Gasteiger partial charge in [-0.2, -0.15) is 15.2 Å². The molecule has 6 nitrogen and oxygen atoms in total. The predicted molar refractivity (Wildman–Crippen MR) is 106 cm³/mol. The number of hydrogen-bond acceptors (Lipinski definition) is 5. The molecule has 4 rings (SSSR count). The summed E-state index contributed by atoms with van der Waals surface area (Å²) in [6.45, 7) is 7.59. The lowest BCUT2D eigenvalue weighted by Gasteiger charge is -2.32. The van der Waals surface area contributed by atoms with Gasteiger partial charge >= 0.3 is 0 Å². The molecule has 2 fully saturated rings. The largest absolute Gasteiger partial charge is 0.365 e. The molecule has 0 spiro atoms. The monoisotopic (exact) mass is 366 g/mol. The van der Waals surface area contributed by atoms with Crippen molar-refractivity contribution in [3.8, 4) is 6.07 Å². The lowest BCUT2D eigenvalue weighted by atomic mass is 9.80. The number of nitrogens with one attached hydrogen (secondary N) is 1. The van der Waals surface area contributed by atoms with E-state index >= 15 is 0 Å². The second-order valence-electron chi connectivity index (χ2n) is 8.70. The van der Waals surface area contributed by atoms with E-state index in [1.807, 2.05) is 6.92 Å². The number of anilines is 1. The zero-order valence-corrected chi connectivity index (χ0v) is 16.7. The van der Waals surface area contributed by atoms with Crippen molar-refractivity contribution in [1.29, 1.82) is 5.26 Å². The molecular formula is C21H30N6. The van der Waals surface area contributed by atoms with Crippen molar-refractivity contribution in [1.82, 2.24) is 19.5 Å². The average molecular weight is 367 g/mol. The zero-order chi connectivity index (χ0) is 19.0. The third-order valence-electron chi connectivity index (χ3n) is 6.69. The summed E-state index contributed by atoms with van der Waals surface area (Å²) in [7, 11) is 0. The van der Waals surface area contributed by atoms with Crippen LogP contribution in [-0.2, 0) is 6.54 Å². The van der Waals surface area contributed by atoms with Gasteiger partial charge in [0.2, 0.25) is 5.82 Å². The van der Waals surface area contributed by atoms with Gasteiger partial charge in [0.25, 0.3) is 0 Å². The minimum Gasteiger partial charge on any atom is -0.365 e. The Labute approximate surface area is 161 Å². The summed E-state index contributed by atoms with van der Waals surface area (Å²) in [6.07, 6.45) is 9.04. The predicted octanol–water partition coefficient (Wildman–Crippen LogP) is 4.43. The highest BCUT2D eigenvalue weighted by Crippen LogP contribution is 2.34. The van der Waals surface area contributed by atoms with Gasteiger partial charge in [-0.3, -0.25) is 0 Å². The summed E-state index contributed by atoms with van der Waals surface area (Å²) in [5.74, 6) is 4.17. The Balaban J connectivity index is 1.68. The summed E-state index contributed by atoms with van der Waals surface area (Å²) in [5, 5.41) is 12.9. The third kappa shape index (κ3) is 3.65. The molecule has 27 heavy (non-hydrogen) atoms. The fourth-order valence-electron chi connectivity index (χ4n) is 4.56. The first-order valence-electron chi connectivity index (χ1n) is 10.5. The normalized spacial score (nSPS) is 24.4. The Kier molecular flexibility index (Phi) is 5.03. The van der Waals surface area contributed by atoms with Crippen LogP contribution in [0.4, 0.5) is 5.82 Å². The first-order valence-corrected chi connectivity index (χ1v) is 10.5. The van der Waals surface area contributed by atoms with Gasteiger partial charge < -0.3 is 9.88 Å². The summed E-state index contributed by atoms with van der Waals surface area (Å²) in [5.41, 5.74) is 1.61. The number of fused-ring (bicyclic) bond motifs is 1. The molecule has 0 aliphatic heterocycles. The summed E-state index contributed by atoms with van der Waals surface area (Å²) in [6, 6.07) is 2.44. The molecule has 2 aromatic heterocycles. The molecule has 6 heteroatoms. The second kappa shape index (κ2) is 7.46. The molecule has 2 aromatic rings. The van der Waals surface area contributed by atoms with E-state index in [1.54, 1.807) is 0 Å². The van der Waals surface area contributed by atoms with Gasteiger partial charge in [0, 0.05) is 12.6 Å². The van der Waals surface area contributed by atoms with Crippen LogP contribution in [0.5, 0.6) is 0 Å². The average Bonchev–Trinajstić information content (AvgIpc) is 2.90. The smallest absolute Gasteiger partial charge is 0.236 e. The number of nitrogens with zero attached hydrogens (tertiary/aromatic N) is 5. The van der Waals surface area contributed by atoms with Crippen molar-refractivity contribution in [2.45, 2.75) is 78.3 Å². The van der Waals surface area contributed by atoms with Crippen molar-refractivity contribution < 1.29 is 0 Å². The van der Waals surface area contributed by atoms with Crippen molar-refractivity contribution >= 4 is 17.0 Å². The van der Waals surface area contributed by atoms with Crippen LogP contribution in [0, 0.1) is 36.0 Å². The molecule has 0 saturated heterocycles. The molecule has 2 aliphatic rings. The van der Waals surface area contributed by atoms with E-state index in [4.69, 9.17) is 0 Å². The molecule has 0 radical (unpaired) electrons. The fourth-order valence-corrected chi connectivity index (χ4v) is 4.56. The standard InChI is InChI=1S/C21H30N6/c1-13-7-9-16(10-8-13)12-27-15(3)24-21-19(27)20(25-18(11-22)26-21)23-14(2)17-5-4-6-17/h13-14,16-17H,4-10,12H2,1-3H3,(H,23,25,26)/t13?,14-,16?/m1/s1. The lowest BCUT2D eigenvalue weighted by Crippen LogP contribution is -2.31. The Morgan fingerprint density at radius 1 is 1.15 bits per heavy atom. The maximum atomic E-state index is 9.35. The molecule has 2 aliphatic carbocycles. The van der Waals surface area contributed by atoms with Gasteiger partial charge in [-0.05, 0) is 57.3 Å². The van der Waals surface area contributed by atoms with E-state index in [1.165, 1.54) is 44.9 Å². The molecule has 2 heterocycles. The highest BCUT2D eigenvalue weighted by molar-refractivity contribution is 5.84. The molecule has 1 N–H and O–H groups in total. The third-order valence-corrected chi connectivity index (χ3v) is 6.69. The maximum Gasteiger partial charge on any atom is 0.236 e. The molecular weight excluding hydrogens is 336 g/mol. The highest BCUT2D eigenvalue weighted by atomic mass is 15.2. The molecule has 0 amide bonds. The van der Waals surface area contributed by atoms with Crippen LogP contribution in [0.3, 0.4) is 0 Å². The molecule has 144 valence electrons. The van der Waals surface area contributed by atoms with E-state index in [2.05, 4.69) is 44.8 Å². The topological polar surface area (TPSA) is 79.4 Å². The van der Waals surface area contributed by atoms with Crippen LogP contribution in [-0.4, -0.2) is 25.6 Å². The quantitative estimate of drug-likeness (QED) is 0.846. The van der Waals surface area contributed by atoms with Crippen molar-refractivity contribution in [3.05, 3.63) is 11.6 Å². The number of hydrogen-bond donors (Lipinski definition) is 1. The van der Waals surface area contributed by atoms with Crippen molar-refractivity contribution in [2.75, 3.05) is 5.32 Å². The minimum atomic E-state index is 0.196. The van der Waals surface area contributed by atoms with E-state index < -0.39 is 0 Å². The molecule has 1 atom stereocenters. The van der Waals surface area contributed by atoms with Crippen LogP contribution in [0.25, 0.3) is 11.2 Å². The summed E-state index contributed by atoms with van der Waals surface area (Å²) >= 11 is 0. The van der Waals surface area contributed by atoms with Gasteiger partial charge in [0.15, 0.2) is 11.5 Å². The number of aromatic nitrogens is 4. The van der Waals surface area contributed by atoms with E-state index in [0.29, 0.717) is 23.5 Å².